The first-order chi connectivity index (χ1) is 21.5. The zero-order valence-electron chi connectivity index (χ0n) is 24.1. The zero-order chi connectivity index (χ0) is 30.2. The van der Waals surface area contributed by atoms with Gasteiger partial charge in [-0.05, 0) is 59.7 Å². The third-order valence-electron chi connectivity index (χ3n) is 8.14. The van der Waals surface area contributed by atoms with Crippen LogP contribution in [0.1, 0.15) is 27.4 Å². The molecular formula is C35H30N6O3. The van der Waals surface area contributed by atoms with Gasteiger partial charge in [-0.1, -0.05) is 48.5 Å². The van der Waals surface area contributed by atoms with E-state index in [1.54, 1.807) is 12.3 Å². The van der Waals surface area contributed by atoms with Crippen LogP contribution in [-0.4, -0.2) is 55.7 Å². The van der Waals surface area contributed by atoms with Crippen molar-refractivity contribution in [2.75, 3.05) is 25.9 Å². The molecule has 3 aromatic heterocycles. The van der Waals surface area contributed by atoms with Gasteiger partial charge in [0.05, 0.1) is 18.4 Å². The molecule has 218 valence electrons. The van der Waals surface area contributed by atoms with Crippen molar-refractivity contribution in [1.29, 1.82) is 0 Å². The predicted molar refractivity (Wildman–Crippen MR) is 170 cm³/mol. The van der Waals surface area contributed by atoms with E-state index in [-0.39, 0.29) is 5.56 Å². The van der Waals surface area contributed by atoms with Gasteiger partial charge in [0, 0.05) is 43.0 Å². The topological polar surface area (TPSA) is 119 Å². The number of anilines is 1. The van der Waals surface area contributed by atoms with Gasteiger partial charge in [0.2, 0.25) is 0 Å². The van der Waals surface area contributed by atoms with E-state index in [9.17, 15) is 9.90 Å². The molecule has 0 spiro atoms. The second kappa shape index (κ2) is 11.3. The van der Waals surface area contributed by atoms with Crippen LogP contribution in [0, 0.1) is 0 Å². The Kier molecular flexibility index (Phi) is 7.00. The van der Waals surface area contributed by atoms with Crippen molar-refractivity contribution >= 4 is 23.0 Å². The third-order valence-corrected chi connectivity index (χ3v) is 8.14. The fourth-order valence-corrected chi connectivity index (χ4v) is 5.83. The Morgan fingerprint density at radius 3 is 2.48 bits per heavy atom. The van der Waals surface area contributed by atoms with Crippen LogP contribution in [0.15, 0.2) is 103 Å². The lowest BCUT2D eigenvalue weighted by atomic mass is 9.91. The van der Waals surface area contributed by atoms with Gasteiger partial charge in [-0.2, -0.15) is 0 Å². The number of hydrogen-bond acceptors (Lipinski definition) is 7. The summed E-state index contributed by atoms with van der Waals surface area (Å²) in [7, 11) is 1.49. The summed E-state index contributed by atoms with van der Waals surface area (Å²) in [5.41, 5.74) is 13.9. The summed E-state index contributed by atoms with van der Waals surface area (Å²) in [6.07, 6.45) is 1.68. The number of methoxy groups -OCH3 is 1. The molecule has 1 fully saturated rings. The number of carboxylic acids is 1. The number of aromatic nitrogens is 4. The van der Waals surface area contributed by atoms with Gasteiger partial charge in [-0.25, -0.2) is 19.7 Å². The summed E-state index contributed by atoms with van der Waals surface area (Å²) < 4.78 is 7.35. The van der Waals surface area contributed by atoms with E-state index < -0.39 is 5.97 Å². The molecule has 0 radical (unpaired) electrons. The number of imidazole rings is 1. The fraction of sp³-hybridized carbons (Fsp3) is 0.143. The van der Waals surface area contributed by atoms with Crippen LogP contribution in [0.5, 0.6) is 5.75 Å². The minimum atomic E-state index is -0.993. The molecule has 9 nitrogen and oxygen atoms in total. The Bertz CT molecular complexity index is 1980. The van der Waals surface area contributed by atoms with Crippen molar-refractivity contribution in [1.82, 2.24) is 24.4 Å². The van der Waals surface area contributed by atoms with Crippen LogP contribution in [0.2, 0.25) is 0 Å². The van der Waals surface area contributed by atoms with Crippen molar-refractivity contribution in [3.8, 4) is 34.1 Å². The summed E-state index contributed by atoms with van der Waals surface area (Å²) in [6.45, 7) is 2.56. The van der Waals surface area contributed by atoms with Crippen LogP contribution in [-0.2, 0) is 6.54 Å². The van der Waals surface area contributed by atoms with E-state index in [0.29, 0.717) is 23.3 Å². The Labute approximate surface area is 254 Å². The summed E-state index contributed by atoms with van der Waals surface area (Å²) in [5.74, 6) is 0.893. The lowest BCUT2D eigenvalue weighted by Crippen LogP contribution is -2.44. The molecule has 1 aliphatic rings. The maximum atomic E-state index is 11.4. The minimum absolute atomic E-state index is 0.171. The lowest BCUT2D eigenvalue weighted by molar-refractivity contribution is 0.0693. The van der Waals surface area contributed by atoms with Gasteiger partial charge in [-0.15, -0.1) is 0 Å². The Balaban J connectivity index is 1.16. The summed E-state index contributed by atoms with van der Waals surface area (Å²) in [5, 5.41) is 9.36. The zero-order valence-corrected chi connectivity index (χ0v) is 24.1. The van der Waals surface area contributed by atoms with E-state index in [2.05, 4.69) is 38.7 Å². The van der Waals surface area contributed by atoms with E-state index >= 15 is 0 Å². The van der Waals surface area contributed by atoms with Gasteiger partial charge >= 0.3 is 5.97 Å². The average Bonchev–Trinajstić information content (AvgIpc) is 3.41. The van der Waals surface area contributed by atoms with Crippen molar-refractivity contribution in [2.45, 2.75) is 12.5 Å². The van der Waals surface area contributed by atoms with E-state index in [0.717, 1.165) is 58.9 Å². The second-order valence-corrected chi connectivity index (χ2v) is 10.9. The first kappa shape index (κ1) is 27.3. The molecule has 44 heavy (non-hydrogen) atoms. The number of nitrogens with zero attached hydrogens (tertiary/aromatic N) is 5. The molecule has 6 aromatic rings. The van der Waals surface area contributed by atoms with Crippen LogP contribution >= 0.6 is 0 Å². The number of pyridine rings is 2. The van der Waals surface area contributed by atoms with Gasteiger partial charge in [0.25, 0.3) is 0 Å². The Morgan fingerprint density at radius 2 is 1.75 bits per heavy atom. The smallest absolute Gasteiger partial charge is 0.339 e. The number of fused-ring (bicyclic) bond motifs is 1. The first-order valence-corrected chi connectivity index (χ1v) is 14.4. The molecule has 3 N–H and O–H groups in total. The minimum Gasteiger partial charge on any atom is -0.496 e. The number of hydrogen-bond donors (Lipinski definition) is 2. The van der Waals surface area contributed by atoms with Crippen LogP contribution in [0.4, 0.5) is 5.82 Å². The Morgan fingerprint density at radius 1 is 0.955 bits per heavy atom. The molecule has 4 heterocycles. The molecule has 0 aliphatic carbocycles. The fourth-order valence-electron chi connectivity index (χ4n) is 5.83. The quantitative estimate of drug-likeness (QED) is 0.223. The highest BCUT2D eigenvalue weighted by Crippen LogP contribution is 2.34. The number of benzene rings is 3. The number of rotatable bonds is 8. The van der Waals surface area contributed by atoms with E-state index in [4.69, 9.17) is 20.4 Å². The highest BCUT2D eigenvalue weighted by molar-refractivity contribution is 5.91. The molecule has 1 aliphatic heterocycles. The molecule has 0 amide bonds. The number of likely N-dealkylation sites (tertiary alicyclic amines) is 1. The van der Waals surface area contributed by atoms with E-state index in [1.807, 2.05) is 66.7 Å². The highest BCUT2D eigenvalue weighted by Gasteiger charge is 2.28. The summed E-state index contributed by atoms with van der Waals surface area (Å²) in [6, 6.07) is 31.7. The van der Waals surface area contributed by atoms with Crippen LogP contribution in [0.3, 0.4) is 0 Å². The standard InChI is InChI=1S/C35H30N6O3/c1-44-31-18-22(9-14-27(31)35(42)43)19-40-20-25(21-40)23-10-12-26(13-11-23)41-33(28-8-5-17-37-32(28)36)39-30-16-15-29(38-34(30)41)24-6-3-2-4-7-24/h2-18,25H,19-21H2,1H3,(H2,36,37)(H,42,43). The average molecular weight is 583 g/mol. The van der Waals surface area contributed by atoms with Crippen molar-refractivity contribution in [3.63, 3.8) is 0 Å². The molecule has 0 saturated carbocycles. The molecule has 0 bridgehead atoms. The number of ether oxygens (including phenoxy) is 1. The Hall–Kier alpha value is -5.54. The monoisotopic (exact) mass is 582 g/mol. The predicted octanol–water partition coefficient (Wildman–Crippen LogP) is 6.04. The second-order valence-electron chi connectivity index (χ2n) is 10.9. The highest BCUT2D eigenvalue weighted by atomic mass is 16.5. The molecule has 0 atom stereocenters. The molecule has 7 rings (SSSR count). The lowest BCUT2D eigenvalue weighted by Gasteiger charge is -2.39. The first-order valence-electron chi connectivity index (χ1n) is 14.4. The normalized spacial score (nSPS) is 13.6. The SMILES string of the molecule is COc1cc(CN2CC(c3ccc(-n4c(-c5cccnc5N)nc5ccc(-c6ccccc6)nc54)cc3)C2)ccc1C(=O)O. The number of nitrogen functional groups attached to an aromatic ring is 1. The van der Waals surface area contributed by atoms with Crippen LogP contribution in [0.25, 0.3) is 39.5 Å². The molecule has 1 saturated heterocycles. The van der Waals surface area contributed by atoms with Crippen molar-refractivity contribution in [2.24, 2.45) is 0 Å². The molecule has 3 aromatic carbocycles. The van der Waals surface area contributed by atoms with Gasteiger partial charge in [0.15, 0.2) is 11.5 Å². The third kappa shape index (κ3) is 5.03. The largest absolute Gasteiger partial charge is 0.496 e. The number of carboxylic acid groups (broad SMARTS) is 1. The number of aromatic carboxylic acids is 1. The molecule has 0 unspecified atom stereocenters. The van der Waals surface area contributed by atoms with Gasteiger partial charge in [-0.3, -0.25) is 9.47 Å². The summed E-state index contributed by atoms with van der Waals surface area (Å²) in [4.78, 5) is 28.1. The maximum absolute atomic E-state index is 11.4. The van der Waals surface area contributed by atoms with Gasteiger partial charge in [0.1, 0.15) is 22.6 Å². The molecular weight excluding hydrogens is 552 g/mol. The molecule has 9 heteroatoms. The van der Waals surface area contributed by atoms with Gasteiger partial charge < -0.3 is 15.6 Å². The van der Waals surface area contributed by atoms with E-state index in [1.165, 1.54) is 12.7 Å². The number of carbonyl (C=O) groups is 1. The summed E-state index contributed by atoms with van der Waals surface area (Å²) >= 11 is 0. The number of nitrogens with two attached hydrogens (primary N) is 1. The van der Waals surface area contributed by atoms with Crippen LogP contribution < -0.4 is 10.5 Å². The van der Waals surface area contributed by atoms with Crippen molar-refractivity contribution < 1.29 is 14.6 Å². The maximum Gasteiger partial charge on any atom is 0.339 e. The van der Waals surface area contributed by atoms with Crippen molar-refractivity contribution in [3.05, 3.63) is 120 Å².